The van der Waals surface area contributed by atoms with Gasteiger partial charge in [0, 0.05) is 15.4 Å². The van der Waals surface area contributed by atoms with Gasteiger partial charge in [-0.25, -0.2) is 4.39 Å². The minimum absolute atomic E-state index is 0.0811. The third-order valence-electron chi connectivity index (χ3n) is 2.30. The number of nitrogens with one attached hydrogen (secondary N) is 1. The van der Waals surface area contributed by atoms with Crippen molar-refractivity contribution in [1.82, 2.24) is 0 Å². The van der Waals surface area contributed by atoms with Gasteiger partial charge in [0.2, 0.25) is 0 Å². The zero-order valence-electron chi connectivity index (χ0n) is 9.28. The van der Waals surface area contributed by atoms with Crippen molar-refractivity contribution in [3.05, 3.63) is 58.9 Å². The number of nitrogens with two attached hydrogens (primary N) is 1. The van der Waals surface area contributed by atoms with Gasteiger partial charge in [0.15, 0.2) is 0 Å². The number of benzene rings is 2. The third-order valence-corrected chi connectivity index (χ3v) is 3.65. The molecule has 0 bridgehead atoms. The number of hydrogen-bond acceptors (Lipinski definition) is 2. The first-order chi connectivity index (χ1) is 8.58. The van der Waals surface area contributed by atoms with E-state index in [1.165, 1.54) is 17.8 Å². The van der Waals surface area contributed by atoms with E-state index < -0.39 is 0 Å². The molecule has 0 saturated carbocycles. The van der Waals surface area contributed by atoms with Crippen LogP contribution in [0.25, 0.3) is 0 Å². The van der Waals surface area contributed by atoms with Gasteiger partial charge in [-0.05, 0) is 30.3 Å². The molecule has 0 heterocycles. The van der Waals surface area contributed by atoms with E-state index in [1.54, 1.807) is 36.4 Å². The normalized spacial score (nSPS) is 10.3. The Morgan fingerprint density at radius 1 is 1.22 bits per heavy atom. The van der Waals surface area contributed by atoms with Gasteiger partial charge >= 0.3 is 0 Å². The Hall–Kier alpha value is -1.52. The van der Waals surface area contributed by atoms with Gasteiger partial charge in [-0.3, -0.25) is 5.41 Å². The van der Waals surface area contributed by atoms with Crippen molar-refractivity contribution >= 4 is 29.2 Å². The van der Waals surface area contributed by atoms with Crippen LogP contribution in [0.5, 0.6) is 0 Å². The standard InChI is InChI=1S/C13H10ClFN2S/c14-10-7-8(5-6-9(10)13(16)17)18-12-4-2-1-3-11(12)15/h1-7H,(H3,16,17). The van der Waals surface area contributed by atoms with Crippen LogP contribution in [0.15, 0.2) is 52.3 Å². The highest BCUT2D eigenvalue weighted by molar-refractivity contribution is 7.99. The molecule has 18 heavy (non-hydrogen) atoms. The second kappa shape index (κ2) is 5.42. The van der Waals surface area contributed by atoms with Gasteiger partial charge in [-0.1, -0.05) is 35.5 Å². The van der Waals surface area contributed by atoms with E-state index in [4.69, 9.17) is 22.7 Å². The highest BCUT2D eigenvalue weighted by Crippen LogP contribution is 2.32. The topological polar surface area (TPSA) is 49.9 Å². The Balaban J connectivity index is 2.29. The number of amidine groups is 1. The van der Waals surface area contributed by atoms with Crippen LogP contribution in [0.2, 0.25) is 5.02 Å². The van der Waals surface area contributed by atoms with E-state index in [-0.39, 0.29) is 11.7 Å². The Kier molecular flexibility index (Phi) is 3.89. The van der Waals surface area contributed by atoms with Crippen molar-refractivity contribution in [1.29, 1.82) is 5.41 Å². The summed E-state index contributed by atoms with van der Waals surface area (Å²) in [5.41, 5.74) is 5.85. The Bertz CT molecular complexity index is 601. The molecular formula is C13H10ClFN2S. The lowest BCUT2D eigenvalue weighted by molar-refractivity contribution is 0.602. The molecule has 92 valence electrons. The van der Waals surface area contributed by atoms with E-state index in [9.17, 15) is 4.39 Å². The Morgan fingerprint density at radius 3 is 2.56 bits per heavy atom. The quantitative estimate of drug-likeness (QED) is 0.661. The predicted octanol–water partition coefficient (Wildman–Crippen LogP) is 3.91. The summed E-state index contributed by atoms with van der Waals surface area (Å²) in [6.45, 7) is 0. The molecule has 3 N–H and O–H groups in total. The second-order valence-corrected chi connectivity index (χ2v) is 5.11. The van der Waals surface area contributed by atoms with Gasteiger partial charge in [-0.2, -0.15) is 0 Å². The molecule has 0 atom stereocenters. The third kappa shape index (κ3) is 2.83. The van der Waals surface area contributed by atoms with Crippen LogP contribution in [0.1, 0.15) is 5.56 Å². The van der Waals surface area contributed by atoms with E-state index in [0.717, 1.165) is 4.90 Å². The fourth-order valence-corrected chi connectivity index (χ4v) is 2.66. The summed E-state index contributed by atoms with van der Waals surface area (Å²) >= 11 is 7.28. The first-order valence-electron chi connectivity index (χ1n) is 5.14. The average Bonchev–Trinajstić information content (AvgIpc) is 2.32. The smallest absolute Gasteiger partial charge is 0.137 e. The number of halogens is 2. The van der Waals surface area contributed by atoms with Crippen LogP contribution in [0.4, 0.5) is 4.39 Å². The summed E-state index contributed by atoms with van der Waals surface area (Å²) in [7, 11) is 0. The lowest BCUT2D eigenvalue weighted by Crippen LogP contribution is -2.11. The van der Waals surface area contributed by atoms with E-state index >= 15 is 0 Å². The highest BCUT2D eigenvalue weighted by Gasteiger charge is 2.07. The Labute approximate surface area is 113 Å². The van der Waals surface area contributed by atoms with Crippen molar-refractivity contribution < 1.29 is 4.39 Å². The molecule has 0 aliphatic rings. The largest absolute Gasteiger partial charge is 0.384 e. The van der Waals surface area contributed by atoms with E-state index in [0.29, 0.717) is 15.5 Å². The van der Waals surface area contributed by atoms with Crippen molar-refractivity contribution in [2.45, 2.75) is 9.79 Å². The van der Waals surface area contributed by atoms with Gasteiger partial charge in [0.25, 0.3) is 0 Å². The molecule has 0 spiro atoms. The van der Waals surface area contributed by atoms with Crippen LogP contribution in [0, 0.1) is 11.2 Å². The van der Waals surface area contributed by atoms with Crippen molar-refractivity contribution in [3.63, 3.8) is 0 Å². The summed E-state index contributed by atoms with van der Waals surface area (Å²) < 4.78 is 13.5. The molecular weight excluding hydrogens is 271 g/mol. The van der Waals surface area contributed by atoms with Crippen molar-refractivity contribution in [2.24, 2.45) is 5.73 Å². The molecule has 2 nitrogen and oxygen atoms in total. The molecule has 5 heteroatoms. The van der Waals surface area contributed by atoms with Crippen LogP contribution >= 0.6 is 23.4 Å². The second-order valence-electron chi connectivity index (χ2n) is 3.59. The molecule has 0 fully saturated rings. The molecule has 2 aromatic carbocycles. The monoisotopic (exact) mass is 280 g/mol. The number of nitrogen functional groups attached to an aromatic ring is 1. The first-order valence-corrected chi connectivity index (χ1v) is 6.33. The van der Waals surface area contributed by atoms with Crippen molar-refractivity contribution in [2.75, 3.05) is 0 Å². The molecule has 0 aromatic heterocycles. The number of rotatable bonds is 3. The summed E-state index contributed by atoms with van der Waals surface area (Å²) in [6, 6.07) is 11.6. The SMILES string of the molecule is N=C(N)c1ccc(Sc2ccccc2F)cc1Cl. The summed E-state index contributed by atoms with van der Waals surface area (Å²) in [4.78, 5) is 1.33. The lowest BCUT2D eigenvalue weighted by atomic mass is 10.2. The maximum Gasteiger partial charge on any atom is 0.137 e. The minimum Gasteiger partial charge on any atom is -0.384 e. The molecule has 0 saturated heterocycles. The van der Waals surface area contributed by atoms with Crippen LogP contribution < -0.4 is 5.73 Å². The van der Waals surface area contributed by atoms with Gasteiger partial charge in [-0.15, -0.1) is 0 Å². The van der Waals surface area contributed by atoms with Gasteiger partial charge < -0.3 is 5.73 Å². The Morgan fingerprint density at radius 2 is 1.94 bits per heavy atom. The fraction of sp³-hybridized carbons (Fsp3) is 0. The fourth-order valence-electron chi connectivity index (χ4n) is 1.43. The first kappa shape index (κ1) is 12.9. The highest BCUT2D eigenvalue weighted by atomic mass is 35.5. The molecule has 2 rings (SSSR count). The molecule has 0 amide bonds. The van der Waals surface area contributed by atoms with Crippen molar-refractivity contribution in [3.8, 4) is 0 Å². The minimum atomic E-state index is -0.269. The van der Waals surface area contributed by atoms with Gasteiger partial charge in [0.1, 0.15) is 11.7 Å². The average molecular weight is 281 g/mol. The van der Waals surface area contributed by atoms with Gasteiger partial charge in [0.05, 0.1) is 5.02 Å². The summed E-state index contributed by atoms with van der Waals surface area (Å²) in [5, 5.41) is 7.72. The summed E-state index contributed by atoms with van der Waals surface area (Å²) in [5.74, 6) is -0.350. The van der Waals surface area contributed by atoms with E-state index in [1.807, 2.05) is 0 Å². The maximum absolute atomic E-state index is 13.5. The number of hydrogen-bond donors (Lipinski definition) is 2. The zero-order valence-corrected chi connectivity index (χ0v) is 10.9. The van der Waals surface area contributed by atoms with E-state index in [2.05, 4.69) is 0 Å². The zero-order chi connectivity index (χ0) is 13.1. The van der Waals surface area contributed by atoms with Crippen LogP contribution in [-0.2, 0) is 0 Å². The van der Waals surface area contributed by atoms with Crippen LogP contribution in [-0.4, -0.2) is 5.84 Å². The maximum atomic E-state index is 13.5. The molecule has 0 aliphatic carbocycles. The van der Waals surface area contributed by atoms with Crippen LogP contribution in [0.3, 0.4) is 0 Å². The molecule has 0 unspecified atom stereocenters. The molecule has 0 aliphatic heterocycles. The lowest BCUT2D eigenvalue weighted by Gasteiger charge is -2.06. The molecule has 2 aromatic rings. The predicted molar refractivity (Wildman–Crippen MR) is 73.0 cm³/mol. The summed E-state index contributed by atoms with van der Waals surface area (Å²) in [6.07, 6.45) is 0. The molecule has 0 radical (unpaired) electrons.